The minimum atomic E-state index is -0.857. The molecular formula is C26H40N4O5. The van der Waals surface area contributed by atoms with Crippen molar-refractivity contribution in [3.8, 4) is 0 Å². The number of fused-ring (bicyclic) bond motifs is 2. The molecule has 2 heterocycles. The van der Waals surface area contributed by atoms with Crippen LogP contribution in [0.3, 0.4) is 0 Å². The molecule has 0 unspecified atom stereocenters. The van der Waals surface area contributed by atoms with Gasteiger partial charge in [0.2, 0.25) is 11.8 Å². The van der Waals surface area contributed by atoms with E-state index < -0.39 is 29.3 Å². The number of carbonyl (C=O) groups excluding carboxylic acids is 4. The van der Waals surface area contributed by atoms with Crippen molar-refractivity contribution >= 4 is 23.7 Å². The van der Waals surface area contributed by atoms with E-state index in [9.17, 15) is 19.2 Å². The second-order valence-electron chi connectivity index (χ2n) is 11.7. The average molecular weight is 489 g/mol. The minimum Gasteiger partial charge on any atom is -0.444 e. The number of rotatable bonds is 3. The third-order valence-electron chi connectivity index (χ3n) is 7.39. The number of carbonyl (C=O) groups is 4. The molecule has 0 radical (unpaired) electrons. The van der Waals surface area contributed by atoms with Gasteiger partial charge in [-0.2, -0.15) is 0 Å². The summed E-state index contributed by atoms with van der Waals surface area (Å²) < 4.78 is 5.38. The minimum absolute atomic E-state index is 0.00508. The molecule has 1 saturated heterocycles. The topological polar surface area (TPSA) is 131 Å². The predicted octanol–water partition coefficient (Wildman–Crippen LogP) is 2.18. The van der Waals surface area contributed by atoms with Crippen LogP contribution in [-0.2, 0) is 19.1 Å². The normalized spacial score (nSPS) is 35.0. The first-order chi connectivity index (χ1) is 16.5. The lowest BCUT2D eigenvalue weighted by Gasteiger charge is -2.30. The molecule has 35 heavy (non-hydrogen) atoms. The highest BCUT2D eigenvalue weighted by Gasteiger charge is 2.62. The molecule has 0 bridgehead atoms. The number of nitrogens with zero attached hydrogens (tertiary/aromatic N) is 1. The Bertz CT molecular complexity index is 893. The summed E-state index contributed by atoms with van der Waals surface area (Å²) in [5.41, 5.74) is 4.64. The van der Waals surface area contributed by atoms with Gasteiger partial charge >= 0.3 is 6.09 Å². The molecular weight excluding hydrogens is 448 g/mol. The van der Waals surface area contributed by atoms with E-state index >= 15 is 0 Å². The van der Waals surface area contributed by atoms with E-state index in [-0.39, 0.29) is 42.0 Å². The summed E-state index contributed by atoms with van der Waals surface area (Å²) in [6.07, 6.45) is 10.2. The molecule has 0 aromatic rings. The van der Waals surface area contributed by atoms with E-state index in [0.29, 0.717) is 19.3 Å². The SMILES string of the molecule is CC(C)(C)OC(=O)N[C@H]1CCCCC/C=C\[C@@H]2C[C@@]2(C(=O)C2CC2)NC(=O)[C@@H]2C[C@@H](N)CN2C1=O. The molecule has 4 aliphatic rings. The molecule has 9 heteroatoms. The van der Waals surface area contributed by atoms with Crippen molar-refractivity contribution in [1.29, 1.82) is 0 Å². The van der Waals surface area contributed by atoms with Crippen molar-refractivity contribution < 1.29 is 23.9 Å². The molecule has 0 aromatic heterocycles. The summed E-state index contributed by atoms with van der Waals surface area (Å²) in [6, 6.07) is -1.91. The lowest BCUT2D eigenvalue weighted by molar-refractivity contribution is -0.141. The van der Waals surface area contributed by atoms with Gasteiger partial charge in [0, 0.05) is 24.4 Å². The van der Waals surface area contributed by atoms with Crippen LogP contribution in [0.15, 0.2) is 12.2 Å². The van der Waals surface area contributed by atoms with Gasteiger partial charge in [0.05, 0.1) is 0 Å². The highest BCUT2D eigenvalue weighted by atomic mass is 16.6. The maximum absolute atomic E-state index is 13.6. The first-order valence-corrected chi connectivity index (χ1v) is 13.1. The Kier molecular flexibility index (Phi) is 7.27. The Morgan fingerprint density at radius 1 is 1.17 bits per heavy atom. The molecule has 3 fully saturated rings. The molecule has 2 aliphatic carbocycles. The molecule has 4 rings (SSSR count). The number of ether oxygens (including phenoxy) is 1. The monoisotopic (exact) mass is 488 g/mol. The molecule has 194 valence electrons. The molecule has 9 nitrogen and oxygen atoms in total. The van der Waals surface area contributed by atoms with Gasteiger partial charge in [-0.3, -0.25) is 14.4 Å². The third kappa shape index (κ3) is 6.05. The van der Waals surface area contributed by atoms with Crippen LogP contribution in [0, 0.1) is 11.8 Å². The van der Waals surface area contributed by atoms with Crippen molar-refractivity contribution in [3.63, 3.8) is 0 Å². The fourth-order valence-electron chi connectivity index (χ4n) is 5.34. The van der Waals surface area contributed by atoms with E-state index in [1.165, 1.54) is 4.90 Å². The molecule has 2 aliphatic heterocycles. The van der Waals surface area contributed by atoms with Crippen LogP contribution in [0.25, 0.3) is 0 Å². The number of alkyl carbamates (subject to hydrolysis) is 1. The van der Waals surface area contributed by atoms with Crippen molar-refractivity contribution in [2.75, 3.05) is 6.54 Å². The summed E-state index contributed by atoms with van der Waals surface area (Å²) >= 11 is 0. The number of allylic oxidation sites excluding steroid dienone is 1. The fraction of sp³-hybridized carbons (Fsp3) is 0.769. The number of hydrogen-bond donors (Lipinski definition) is 3. The summed E-state index contributed by atoms with van der Waals surface area (Å²) in [4.78, 5) is 54.2. The van der Waals surface area contributed by atoms with Gasteiger partial charge in [-0.1, -0.05) is 25.0 Å². The van der Waals surface area contributed by atoms with Gasteiger partial charge in [0.25, 0.3) is 0 Å². The van der Waals surface area contributed by atoms with Crippen LogP contribution in [-0.4, -0.2) is 64.4 Å². The van der Waals surface area contributed by atoms with Crippen molar-refractivity contribution in [2.45, 2.75) is 108 Å². The Labute approximate surface area is 207 Å². The van der Waals surface area contributed by atoms with Crippen molar-refractivity contribution in [1.82, 2.24) is 15.5 Å². The molecule has 3 amide bonds. The number of ketones is 1. The molecule has 4 N–H and O–H groups in total. The fourth-order valence-corrected chi connectivity index (χ4v) is 5.34. The highest BCUT2D eigenvalue weighted by molar-refractivity contribution is 6.01. The molecule has 0 spiro atoms. The molecule has 2 saturated carbocycles. The first-order valence-electron chi connectivity index (χ1n) is 13.1. The van der Waals surface area contributed by atoms with Crippen molar-refractivity contribution in [3.05, 3.63) is 12.2 Å². The van der Waals surface area contributed by atoms with Gasteiger partial charge < -0.3 is 26.0 Å². The van der Waals surface area contributed by atoms with E-state index in [1.54, 1.807) is 20.8 Å². The average Bonchev–Trinajstić information content (AvgIpc) is 3.67. The molecule has 5 atom stereocenters. The van der Waals surface area contributed by atoms with Crippen LogP contribution in [0.5, 0.6) is 0 Å². The number of hydrogen-bond acceptors (Lipinski definition) is 6. The van der Waals surface area contributed by atoms with E-state index in [1.807, 2.05) is 0 Å². The lowest BCUT2D eigenvalue weighted by Crippen LogP contribution is -2.56. The Balaban J connectivity index is 1.56. The van der Waals surface area contributed by atoms with Crippen molar-refractivity contribution in [2.24, 2.45) is 17.6 Å². The summed E-state index contributed by atoms with van der Waals surface area (Å²) in [7, 11) is 0. The standard InChI is InChI=1S/C26H40N4O5/c1-25(2,3)35-24(34)28-19-10-8-6-4-5-7-9-17-14-26(17,21(31)16-11-12-16)29-22(32)20-13-18(27)15-30(20)23(19)33/h7,9,16-20H,4-6,8,10-15,27H2,1-3H3,(H,28,34)(H,29,32)/b9-7-/t17-,18-,19+,20+,26-/m1/s1. The second kappa shape index (κ2) is 9.91. The predicted molar refractivity (Wildman–Crippen MR) is 130 cm³/mol. The number of nitrogens with one attached hydrogen (secondary N) is 2. The third-order valence-corrected chi connectivity index (χ3v) is 7.39. The zero-order chi connectivity index (χ0) is 25.4. The van der Waals surface area contributed by atoms with Gasteiger partial charge in [-0.05, 0) is 65.7 Å². The zero-order valence-corrected chi connectivity index (χ0v) is 21.2. The van der Waals surface area contributed by atoms with Crippen LogP contribution in [0.4, 0.5) is 4.79 Å². The Morgan fingerprint density at radius 2 is 1.91 bits per heavy atom. The number of Topliss-reactive ketones (excluding diaryl/α,β-unsaturated/α-hetero) is 1. The van der Waals surface area contributed by atoms with Gasteiger partial charge in [0.1, 0.15) is 23.2 Å². The first kappa shape index (κ1) is 25.7. The summed E-state index contributed by atoms with van der Waals surface area (Å²) in [5.74, 6) is -0.504. The maximum atomic E-state index is 13.6. The zero-order valence-electron chi connectivity index (χ0n) is 21.2. The Morgan fingerprint density at radius 3 is 2.60 bits per heavy atom. The Hall–Kier alpha value is -2.42. The summed E-state index contributed by atoms with van der Waals surface area (Å²) in [6.45, 7) is 5.53. The van der Waals surface area contributed by atoms with Crippen LogP contribution >= 0.6 is 0 Å². The largest absolute Gasteiger partial charge is 0.444 e. The quantitative estimate of drug-likeness (QED) is 0.522. The van der Waals surface area contributed by atoms with Gasteiger partial charge in [-0.15, -0.1) is 0 Å². The highest BCUT2D eigenvalue weighted by Crippen LogP contribution is 2.51. The van der Waals surface area contributed by atoms with E-state index in [0.717, 1.165) is 38.5 Å². The number of nitrogens with two attached hydrogens (primary N) is 1. The number of amides is 3. The summed E-state index contributed by atoms with van der Waals surface area (Å²) in [5, 5.41) is 5.79. The van der Waals surface area contributed by atoms with E-state index in [4.69, 9.17) is 10.5 Å². The smallest absolute Gasteiger partial charge is 0.408 e. The second-order valence-corrected chi connectivity index (χ2v) is 11.7. The lowest BCUT2D eigenvalue weighted by atomic mass is 10.0. The van der Waals surface area contributed by atoms with Gasteiger partial charge in [-0.25, -0.2) is 4.79 Å². The van der Waals surface area contributed by atoms with Crippen LogP contribution < -0.4 is 16.4 Å². The maximum Gasteiger partial charge on any atom is 0.408 e. The van der Waals surface area contributed by atoms with Crippen LogP contribution in [0.1, 0.15) is 78.6 Å². The molecule has 0 aromatic carbocycles. The van der Waals surface area contributed by atoms with E-state index in [2.05, 4.69) is 22.8 Å². The van der Waals surface area contributed by atoms with Crippen LogP contribution in [0.2, 0.25) is 0 Å². The van der Waals surface area contributed by atoms with Gasteiger partial charge in [0.15, 0.2) is 5.78 Å².